The third-order valence-electron chi connectivity index (χ3n) is 4.10. The van der Waals surface area contributed by atoms with Crippen LogP contribution in [0, 0.1) is 0 Å². The van der Waals surface area contributed by atoms with E-state index in [0.717, 1.165) is 18.4 Å². The van der Waals surface area contributed by atoms with Gasteiger partial charge in [0.2, 0.25) is 0 Å². The zero-order chi connectivity index (χ0) is 16.2. The summed E-state index contributed by atoms with van der Waals surface area (Å²) in [5.41, 5.74) is 0.881. The van der Waals surface area contributed by atoms with Crippen LogP contribution in [-0.4, -0.2) is 26.7 Å². The number of amides is 2. The van der Waals surface area contributed by atoms with Crippen molar-refractivity contribution in [3.63, 3.8) is 0 Å². The van der Waals surface area contributed by atoms with Crippen molar-refractivity contribution in [2.45, 2.75) is 56.0 Å². The fourth-order valence-corrected chi connectivity index (χ4v) is 3.39. The number of sulfone groups is 1. The Morgan fingerprint density at radius 3 is 2.27 bits per heavy atom. The molecule has 1 atom stereocenters. The van der Waals surface area contributed by atoms with E-state index in [-0.39, 0.29) is 23.0 Å². The number of rotatable bonds is 4. The number of nitrogens with one attached hydrogen (secondary N) is 2. The van der Waals surface area contributed by atoms with Crippen molar-refractivity contribution in [1.29, 1.82) is 0 Å². The lowest BCUT2D eigenvalue weighted by Crippen LogP contribution is -2.43. The maximum absolute atomic E-state index is 12.0. The lowest BCUT2D eigenvalue weighted by atomic mass is 9.96. The topological polar surface area (TPSA) is 75.3 Å². The highest BCUT2D eigenvalue weighted by Crippen LogP contribution is 2.18. The molecule has 0 saturated heterocycles. The summed E-state index contributed by atoms with van der Waals surface area (Å²) < 4.78 is 22.9. The molecule has 1 aromatic carbocycles. The van der Waals surface area contributed by atoms with E-state index in [1.54, 1.807) is 24.3 Å². The minimum Gasteiger partial charge on any atom is -0.335 e. The molecule has 1 unspecified atom stereocenters. The molecule has 0 heterocycles. The second-order valence-electron chi connectivity index (χ2n) is 6.02. The van der Waals surface area contributed by atoms with Gasteiger partial charge in [0.05, 0.1) is 10.9 Å². The molecule has 2 rings (SSSR count). The second kappa shape index (κ2) is 7.13. The Morgan fingerprint density at radius 2 is 1.73 bits per heavy atom. The van der Waals surface area contributed by atoms with E-state index in [0.29, 0.717) is 0 Å². The molecule has 0 aromatic heterocycles. The zero-order valence-corrected chi connectivity index (χ0v) is 13.9. The minimum atomic E-state index is -3.19. The van der Waals surface area contributed by atoms with E-state index in [4.69, 9.17) is 0 Å². The normalized spacial score (nSPS) is 17.7. The monoisotopic (exact) mass is 324 g/mol. The van der Waals surface area contributed by atoms with E-state index in [1.165, 1.54) is 25.5 Å². The maximum Gasteiger partial charge on any atom is 0.315 e. The number of carbonyl (C=O) groups is 1. The molecule has 1 aliphatic rings. The van der Waals surface area contributed by atoms with E-state index in [1.807, 2.05) is 6.92 Å². The summed E-state index contributed by atoms with van der Waals surface area (Å²) in [5.74, 6) is 0. The number of hydrogen-bond acceptors (Lipinski definition) is 3. The van der Waals surface area contributed by atoms with Gasteiger partial charge in [-0.1, -0.05) is 31.4 Å². The highest BCUT2D eigenvalue weighted by Gasteiger charge is 2.17. The summed E-state index contributed by atoms with van der Waals surface area (Å²) in [6.07, 6.45) is 6.88. The molecule has 1 saturated carbocycles. The van der Waals surface area contributed by atoms with Crippen molar-refractivity contribution < 1.29 is 13.2 Å². The van der Waals surface area contributed by atoms with Gasteiger partial charge in [0.25, 0.3) is 0 Å². The predicted molar refractivity (Wildman–Crippen MR) is 86.5 cm³/mol. The van der Waals surface area contributed by atoms with Crippen molar-refractivity contribution >= 4 is 15.9 Å². The van der Waals surface area contributed by atoms with Gasteiger partial charge in [-0.3, -0.25) is 0 Å². The lowest BCUT2D eigenvalue weighted by molar-refractivity contribution is 0.229. The smallest absolute Gasteiger partial charge is 0.315 e. The van der Waals surface area contributed by atoms with Gasteiger partial charge in [0.1, 0.15) is 0 Å². The third kappa shape index (κ3) is 4.73. The summed E-state index contributed by atoms with van der Waals surface area (Å²) in [4.78, 5) is 12.3. The van der Waals surface area contributed by atoms with Crippen LogP contribution in [0.15, 0.2) is 29.2 Å². The first-order valence-electron chi connectivity index (χ1n) is 7.73. The minimum absolute atomic E-state index is 0.161. The fourth-order valence-electron chi connectivity index (χ4n) is 2.76. The molecule has 1 aromatic rings. The standard InChI is InChI=1S/C16H24N2O3S/c1-12(13-8-10-15(11-9-13)22(2,20)21)17-16(19)18-14-6-4-3-5-7-14/h8-12,14H,3-7H2,1-2H3,(H2,17,18,19). The van der Waals surface area contributed by atoms with Gasteiger partial charge in [0.15, 0.2) is 9.84 Å². The quantitative estimate of drug-likeness (QED) is 0.894. The molecule has 22 heavy (non-hydrogen) atoms. The van der Waals surface area contributed by atoms with Crippen LogP contribution in [0.3, 0.4) is 0 Å². The molecule has 5 nitrogen and oxygen atoms in total. The summed E-state index contributed by atoms with van der Waals surface area (Å²) in [5, 5.41) is 5.91. The van der Waals surface area contributed by atoms with Gasteiger partial charge < -0.3 is 10.6 Å². The molecule has 0 spiro atoms. The Balaban J connectivity index is 1.90. The molecule has 1 fully saturated rings. The van der Waals surface area contributed by atoms with Crippen molar-refractivity contribution in [2.75, 3.05) is 6.26 Å². The first-order valence-corrected chi connectivity index (χ1v) is 9.62. The third-order valence-corrected chi connectivity index (χ3v) is 5.22. The largest absolute Gasteiger partial charge is 0.335 e. The first kappa shape index (κ1) is 16.8. The summed E-state index contributed by atoms with van der Waals surface area (Å²) in [6, 6.07) is 6.56. The first-order chi connectivity index (χ1) is 10.4. The van der Waals surface area contributed by atoms with Crippen molar-refractivity contribution in [2.24, 2.45) is 0 Å². The maximum atomic E-state index is 12.0. The molecule has 0 radical (unpaired) electrons. The van der Waals surface area contributed by atoms with Gasteiger partial charge in [-0.25, -0.2) is 13.2 Å². The van der Waals surface area contributed by atoms with Crippen LogP contribution < -0.4 is 10.6 Å². The van der Waals surface area contributed by atoms with Gasteiger partial charge >= 0.3 is 6.03 Å². The Bertz CT molecular complexity index is 605. The Kier molecular flexibility index (Phi) is 5.45. The van der Waals surface area contributed by atoms with Crippen LogP contribution in [0.4, 0.5) is 4.79 Å². The summed E-state index contributed by atoms with van der Waals surface area (Å²) in [6.45, 7) is 1.88. The van der Waals surface area contributed by atoms with Crippen LogP contribution in [0.25, 0.3) is 0 Å². The van der Waals surface area contributed by atoms with E-state index < -0.39 is 9.84 Å². The van der Waals surface area contributed by atoms with Crippen LogP contribution >= 0.6 is 0 Å². The van der Waals surface area contributed by atoms with Crippen LogP contribution in [0.2, 0.25) is 0 Å². The molecule has 0 aliphatic heterocycles. The van der Waals surface area contributed by atoms with Crippen molar-refractivity contribution in [3.8, 4) is 0 Å². The lowest BCUT2D eigenvalue weighted by Gasteiger charge is -2.24. The number of carbonyl (C=O) groups excluding carboxylic acids is 1. The summed E-state index contributed by atoms with van der Waals surface area (Å²) >= 11 is 0. The molecule has 122 valence electrons. The molecule has 2 N–H and O–H groups in total. The van der Waals surface area contributed by atoms with Gasteiger partial charge in [-0.15, -0.1) is 0 Å². The van der Waals surface area contributed by atoms with Crippen LogP contribution in [0.1, 0.15) is 50.6 Å². The Labute approximate surface area is 132 Å². The van der Waals surface area contributed by atoms with E-state index >= 15 is 0 Å². The fraction of sp³-hybridized carbons (Fsp3) is 0.562. The number of urea groups is 1. The van der Waals surface area contributed by atoms with Crippen LogP contribution in [0.5, 0.6) is 0 Å². The highest BCUT2D eigenvalue weighted by atomic mass is 32.2. The summed E-state index contributed by atoms with van der Waals surface area (Å²) in [7, 11) is -3.19. The van der Waals surface area contributed by atoms with E-state index in [9.17, 15) is 13.2 Å². The van der Waals surface area contributed by atoms with Gasteiger partial charge in [-0.05, 0) is 37.5 Å². The van der Waals surface area contributed by atoms with Crippen LogP contribution in [-0.2, 0) is 9.84 Å². The highest BCUT2D eigenvalue weighted by molar-refractivity contribution is 7.90. The zero-order valence-electron chi connectivity index (χ0n) is 13.1. The molecule has 1 aliphatic carbocycles. The SMILES string of the molecule is CC(NC(=O)NC1CCCCC1)c1ccc(S(C)(=O)=O)cc1. The molecule has 0 bridgehead atoms. The number of hydrogen-bond donors (Lipinski definition) is 2. The average molecular weight is 324 g/mol. The van der Waals surface area contributed by atoms with Crippen molar-refractivity contribution in [1.82, 2.24) is 10.6 Å². The average Bonchev–Trinajstić information content (AvgIpc) is 2.47. The van der Waals surface area contributed by atoms with Gasteiger partial charge in [0, 0.05) is 12.3 Å². The Hall–Kier alpha value is -1.56. The number of benzene rings is 1. The Morgan fingerprint density at radius 1 is 1.14 bits per heavy atom. The predicted octanol–water partition coefficient (Wildman–Crippen LogP) is 2.78. The molecule has 2 amide bonds. The molecule has 6 heteroatoms. The second-order valence-corrected chi connectivity index (χ2v) is 8.03. The molecular formula is C16H24N2O3S. The van der Waals surface area contributed by atoms with Crippen molar-refractivity contribution in [3.05, 3.63) is 29.8 Å². The van der Waals surface area contributed by atoms with Gasteiger partial charge in [-0.2, -0.15) is 0 Å². The van der Waals surface area contributed by atoms with E-state index in [2.05, 4.69) is 10.6 Å². The molecular weight excluding hydrogens is 300 g/mol.